The van der Waals surface area contributed by atoms with Gasteiger partial charge in [-0.25, -0.2) is 4.68 Å². The van der Waals surface area contributed by atoms with Crippen LogP contribution in [0, 0.1) is 0 Å². The van der Waals surface area contributed by atoms with Crippen molar-refractivity contribution >= 4 is 17.7 Å². The van der Waals surface area contributed by atoms with Crippen molar-refractivity contribution in [1.82, 2.24) is 25.1 Å². The molecule has 0 N–H and O–H groups in total. The molecule has 0 saturated heterocycles. The minimum absolute atomic E-state index is 0.0817. The largest absolute Gasteiger partial charge is 0.337 e. The Morgan fingerprint density at radius 1 is 1.00 bits per heavy atom. The zero-order chi connectivity index (χ0) is 20.7. The molecule has 0 radical (unpaired) electrons. The number of nitrogens with zero attached hydrogens (tertiary/aromatic N) is 5. The molecule has 1 amide bonds. The summed E-state index contributed by atoms with van der Waals surface area (Å²) in [6, 6.07) is 20.3. The minimum atomic E-state index is -0.230. The zero-order valence-corrected chi connectivity index (χ0v) is 18.0. The molecular weight excluding hydrogens is 382 g/mol. The lowest BCUT2D eigenvalue weighted by atomic mass is 10.1. The van der Waals surface area contributed by atoms with Crippen molar-refractivity contribution in [1.29, 1.82) is 0 Å². The summed E-state index contributed by atoms with van der Waals surface area (Å²) in [5.41, 5.74) is 2.12. The number of thioether (sulfide) groups is 1. The second-order valence-electron chi connectivity index (χ2n) is 7.87. The Balaban J connectivity index is 1.67. The third-order valence-electron chi connectivity index (χ3n) is 4.48. The maximum atomic E-state index is 13.1. The molecule has 0 saturated carbocycles. The second kappa shape index (κ2) is 9.69. The second-order valence-corrected chi connectivity index (χ2v) is 8.81. The van der Waals surface area contributed by atoms with Gasteiger partial charge in [0, 0.05) is 13.1 Å². The van der Waals surface area contributed by atoms with Gasteiger partial charge in [-0.05, 0) is 48.7 Å². The Morgan fingerprint density at radius 3 is 2.24 bits per heavy atom. The van der Waals surface area contributed by atoms with Gasteiger partial charge in [-0.15, -0.1) is 5.10 Å². The van der Waals surface area contributed by atoms with Gasteiger partial charge in [-0.2, -0.15) is 0 Å². The Bertz CT molecular complexity index is 906. The quantitative estimate of drug-likeness (QED) is 0.530. The summed E-state index contributed by atoms with van der Waals surface area (Å²) in [7, 11) is 0. The molecule has 1 aromatic heterocycles. The highest BCUT2D eigenvalue weighted by Gasteiger charge is 2.22. The summed E-state index contributed by atoms with van der Waals surface area (Å²) in [4.78, 5) is 15.0. The van der Waals surface area contributed by atoms with Crippen LogP contribution >= 0.6 is 11.8 Å². The highest BCUT2D eigenvalue weighted by Crippen LogP contribution is 2.22. The van der Waals surface area contributed by atoms with Crippen LogP contribution < -0.4 is 0 Å². The summed E-state index contributed by atoms with van der Waals surface area (Å²) in [6.45, 7) is 7.38. The molecule has 0 spiro atoms. The molecule has 6 nitrogen and oxygen atoms in total. The lowest BCUT2D eigenvalue weighted by Gasteiger charge is -2.23. The van der Waals surface area contributed by atoms with Crippen LogP contribution in [-0.4, -0.2) is 43.3 Å². The maximum Gasteiger partial charge on any atom is 0.233 e. The van der Waals surface area contributed by atoms with Crippen LogP contribution in [0.5, 0.6) is 0 Å². The van der Waals surface area contributed by atoms with Crippen molar-refractivity contribution in [2.45, 2.75) is 44.4 Å². The predicted molar refractivity (Wildman–Crippen MR) is 116 cm³/mol. The van der Waals surface area contributed by atoms with E-state index in [4.69, 9.17) is 0 Å². The molecule has 0 aliphatic rings. The SMILES string of the molecule is CC(C)(C)n1nnnc1SCC(=O)N(CCc1ccccc1)Cc1ccccc1. The van der Waals surface area contributed by atoms with E-state index in [1.807, 2.05) is 62.1 Å². The number of aromatic nitrogens is 4. The summed E-state index contributed by atoms with van der Waals surface area (Å²) in [6.07, 6.45) is 0.823. The van der Waals surface area contributed by atoms with Crippen molar-refractivity contribution < 1.29 is 4.79 Å². The van der Waals surface area contributed by atoms with E-state index in [-0.39, 0.29) is 11.4 Å². The van der Waals surface area contributed by atoms with Gasteiger partial charge >= 0.3 is 0 Å². The van der Waals surface area contributed by atoms with E-state index < -0.39 is 0 Å². The van der Waals surface area contributed by atoms with Crippen LogP contribution in [0.2, 0.25) is 0 Å². The first-order valence-electron chi connectivity index (χ1n) is 9.71. The van der Waals surface area contributed by atoms with E-state index >= 15 is 0 Å². The first-order chi connectivity index (χ1) is 13.9. The fourth-order valence-corrected chi connectivity index (χ4v) is 3.87. The molecule has 2 aromatic carbocycles. The van der Waals surface area contributed by atoms with E-state index in [2.05, 4.69) is 39.8 Å². The number of amides is 1. The number of carbonyl (C=O) groups excluding carboxylic acids is 1. The van der Waals surface area contributed by atoms with Crippen LogP contribution in [0.1, 0.15) is 31.9 Å². The molecule has 3 aromatic rings. The van der Waals surface area contributed by atoms with Crippen molar-refractivity contribution in [3.63, 3.8) is 0 Å². The van der Waals surface area contributed by atoms with Gasteiger partial charge < -0.3 is 4.90 Å². The van der Waals surface area contributed by atoms with Crippen LogP contribution in [0.4, 0.5) is 0 Å². The Kier molecular flexibility index (Phi) is 7.04. The van der Waals surface area contributed by atoms with Gasteiger partial charge in [0.05, 0.1) is 11.3 Å². The van der Waals surface area contributed by atoms with Gasteiger partial charge in [-0.1, -0.05) is 72.4 Å². The fourth-order valence-electron chi connectivity index (χ4n) is 2.91. The molecule has 0 atom stereocenters. The summed E-state index contributed by atoms with van der Waals surface area (Å²) in [5.74, 6) is 0.385. The van der Waals surface area contributed by atoms with Crippen molar-refractivity contribution in [2.75, 3.05) is 12.3 Å². The highest BCUT2D eigenvalue weighted by atomic mass is 32.2. The lowest BCUT2D eigenvalue weighted by molar-refractivity contribution is -0.128. The number of hydrogen-bond donors (Lipinski definition) is 0. The number of rotatable bonds is 8. The maximum absolute atomic E-state index is 13.1. The Labute approximate surface area is 176 Å². The molecule has 0 fully saturated rings. The third-order valence-corrected chi connectivity index (χ3v) is 5.39. The number of hydrogen-bond acceptors (Lipinski definition) is 5. The first kappa shape index (κ1) is 21.0. The monoisotopic (exact) mass is 409 g/mol. The topological polar surface area (TPSA) is 63.9 Å². The van der Waals surface area contributed by atoms with Gasteiger partial charge in [-0.3, -0.25) is 4.79 Å². The minimum Gasteiger partial charge on any atom is -0.337 e. The number of tetrazole rings is 1. The van der Waals surface area contributed by atoms with Crippen LogP contribution in [-0.2, 0) is 23.3 Å². The van der Waals surface area contributed by atoms with Crippen LogP contribution in [0.15, 0.2) is 65.8 Å². The summed E-state index contributed by atoms with van der Waals surface area (Å²) >= 11 is 1.38. The van der Waals surface area contributed by atoms with Crippen molar-refractivity contribution in [3.05, 3.63) is 71.8 Å². The summed E-state index contributed by atoms with van der Waals surface area (Å²) < 4.78 is 1.76. The number of benzene rings is 2. The zero-order valence-electron chi connectivity index (χ0n) is 17.2. The molecule has 0 aliphatic heterocycles. The Morgan fingerprint density at radius 2 is 1.62 bits per heavy atom. The molecule has 7 heteroatoms. The van der Waals surface area contributed by atoms with Gasteiger partial charge in [0.25, 0.3) is 0 Å². The number of carbonyl (C=O) groups is 1. The lowest BCUT2D eigenvalue weighted by Crippen LogP contribution is -2.34. The van der Waals surface area contributed by atoms with Crippen LogP contribution in [0.25, 0.3) is 0 Å². The van der Waals surface area contributed by atoms with Gasteiger partial charge in [0.1, 0.15) is 0 Å². The highest BCUT2D eigenvalue weighted by molar-refractivity contribution is 7.99. The molecule has 0 bridgehead atoms. The van der Waals surface area contributed by atoms with E-state index in [9.17, 15) is 4.79 Å². The van der Waals surface area contributed by atoms with E-state index in [1.165, 1.54) is 17.3 Å². The average molecular weight is 410 g/mol. The van der Waals surface area contributed by atoms with E-state index in [1.54, 1.807) is 4.68 Å². The standard InChI is InChI=1S/C22H27N5OS/c1-22(2,3)27-21(23-24-25-27)29-17-20(28)26(16-19-12-8-5-9-13-19)15-14-18-10-6-4-7-11-18/h4-13H,14-17H2,1-3H3. The average Bonchev–Trinajstić information content (AvgIpc) is 3.20. The van der Waals surface area contributed by atoms with Gasteiger partial charge in [0.2, 0.25) is 11.1 Å². The molecule has 1 heterocycles. The van der Waals surface area contributed by atoms with E-state index in [0.717, 1.165) is 12.0 Å². The summed E-state index contributed by atoms with van der Waals surface area (Å²) in [5, 5.41) is 12.6. The van der Waals surface area contributed by atoms with E-state index in [0.29, 0.717) is 24.0 Å². The predicted octanol–water partition coefficient (Wildman–Crippen LogP) is 3.79. The van der Waals surface area contributed by atoms with Gasteiger partial charge in [0.15, 0.2) is 0 Å². The molecule has 0 unspecified atom stereocenters. The smallest absolute Gasteiger partial charge is 0.233 e. The van der Waals surface area contributed by atoms with Crippen LogP contribution in [0.3, 0.4) is 0 Å². The molecule has 29 heavy (non-hydrogen) atoms. The van der Waals surface area contributed by atoms with Crippen molar-refractivity contribution in [3.8, 4) is 0 Å². The first-order valence-corrected chi connectivity index (χ1v) is 10.7. The molecule has 0 aliphatic carbocycles. The third kappa shape index (κ3) is 6.15. The van der Waals surface area contributed by atoms with Crippen molar-refractivity contribution in [2.24, 2.45) is 0 Å². The molecule has 152 valence electrons. The molecular formula is C22H27N5OS. The Hall–Kier alpha value is -2.67. The molecule has 3 rings (SSSR count). The fraction of sp³-hybridized carbons (Fsp3) is 0.364. The normalized spacial score (nSPS) is 11.4.